The Morgan fingerprint density at radius 1 is 1.35 bits per heavy atom. The molecular weight excluding hydrogens is 230 g/mol. The Balaban J connectivity index is 2.02. The molecule has 4 unspecified atom stereocenters. The molecule has 1 aliphatic rings. The van der Waals surface area contributed by atoms with Gasteiger partial charge in [-0.1, -0.05) is 20.3 Å². The molecule has 0 saturated heterocycles. The zero-order valence-electron chi connectivity index (χ0n) is 11.0. The third-order valence-electron chi connectivity index (χ3n) is 4.31. The Labute approximate surface area is 108 Å². The molecule has 0 bridgehead atoms. The van der Waals surface area contributed by atoms with Crippen molar-refractivity contribution in [2.24, 2.45) is 23.5 Å². The van der Waals surface area contributed by atoms with Gasteiger partial charge in [0.15, 0.2) is 0 Å². The fraction of sp³-hybridized carbons (Fsp3) is 0.714. The number of nitrogens with two attached hydrogens (primary N) is 1. The van der Waals surface area contributed by atoms with E-state index in [1.807, 2.05) is 5.38 Å². The van der Waals surface area contributed by atoms with Crippen molar-refractivity contribution >= 4 is 11.3 Å². The molecular formula is C14H23NOS. The molecule has 1 aliphatic carbocycles. The van der Waals surface area contributed by atoms with Crippen LogP contribution < -0.4 is 10.5 Å². The van der Waals surface area contributed by atoms with Gasteiger partial charge in [-0.15, -0.1) is 11.3 Å². The van der Waals surface area contributed by atoms with Crippen molar-refractivity contribution in [1.29, 1.82) is 0 Å². The maximum absolute atomic E-state index is 6.40. The van der Waals surface area contributed by atoms with Crippen LogP contribution in [-0.2, 0) is 0 Å². The van der Waals surface area contributed by atoms with Crippen LogP contribution in [0.15, 0.2) is 11.4 Å². The second kappa shape index (κ2) is 5.40. The third-order valence-corrected chi connectivity index (χ3v) is 5.32. The Hall–Kier alpha value is -0.540. The maximum atomic E-state index is 6.40. The van der Waals surface area contributed by atoms with E-state index in [2.05, 4.69) is 19.9 Å². The Morgan fingerprint density at radius 2 is 2.12 bits per heavy atom. The number of hydrogen-bond donors (Lipinski definition) is 1. The van der Waals surface area contributed by atoms with Crippen LogP contribution in [0.4, 0.5) is 0 Å². The molecule has 4 atom stereocenters. The van der Waals surface area contributed by atoms with Gasteiger partial charge in [0, 0.05) is 16.3 Å². The van der Waals surface area contributed by atoms with Crippen molar-refractivity contribution in [3.63, 3.8) is 0 Å². The van der Waals surface area contributed by atoms with E-state index in [-0.39, 0.29) is 6.04 Å². The fourth-order valence-corrected chi connectivity index (χ4v) is 3.71. The Bertz CT molecular complexity index is 363. The number of hydrogen-bond acceptors (Lipinski definition) is 3. The molecule has 2 nitrogen and oxygen atoms in total. The zero-order valence-corrected chi connectivity index (χ0v) is 11.8. The lowest BCUT2D eigenvalue weighted by molar-refractivity contribution is 0.187. The summed E-state index contributed by atoms with van der Waals surface area (Å²) in [4.78, 5) is 1.27. The van der Waals surface area contributed by atoms with Crippen LogP contribution in [0.1, 0.15) is 44.0 Å². The van der Waals surface area contributed by atoms with Gasteiger partial charge in [-0.05, 0) is 36.7 Å². The van der Waals surface area contributed by atoms with Crippen LogP contribution >= 0.6 is 11.3 Å². The average molecular weight is 253 g/mol. The standard InChI is InChI=1S/C14H23NOS/c1-9-4-5-11(6-10(9)2)14(15)13-7-12(16-3)8-17-13/h7-11,14H,4-6,15H2,1-3H3. The summed E-state index contributed by atoms with van der Waals surface area (Å²) in [6, 6.07) is 2.29. The molecule has 0 spiro atoms. The lowest BCUT2D eigenvalue weighted by Gasteiger charge is -2.34. The maximum Gasteiger partial charge on any atom is 0.129 e. The van der Waals surface area contributed by atoms with Gasteiger partial charge >= 0.3 is 0 Å². The molecule has 1 fully saturated rings. The van der Waals surface area contributed by atoms with Gasteiger partial charge in [0.2, 0.25) is 0 Å². The minimum atomic E-state index is 0.193. The zero-order chi connectivity index (χ0) is 12.4. The molecule has 2 rings (SSSR count). The topological polar surface area (TPSA) is 35.2 Å². The molecule has 0 aliphatic heterocycles. The van der Waals surface area contributed by atoms with Crippen molar-refractivity contribution in [2.75, 3.05) is 7.11 Å². The third kappa shape index (κ3) is 2.83. The molecule has 17 heavy (non-hydrogen) atoms. The fourth-order valence-electron chi connectivity index (χ4n) is 2.76. The second-order valence-electron chi connectivity index (χ2n) is 5.44. The predicted octanol–water partition coefficient (Wildman–Crippen LogP) is 3.83. The highest BCUT2D eigenvalue weighted by Crippen LogP contribution is 2.40. The quantitative estimate of drug-likeness (QED) is 0.888. The molecule has 96 valence electrons. The van der Waals surface area contributed by atoms with Gasteiger partial charge < -0.3 is 10.5 Å². The number of thiophene rings is 1. The molecule has 1 saturated carbocycles. The SMILES string of the molecule is COc1csc(C(N)C2CCC(C)C(C)C2)c1. The van der Waals surface area contributed by atoms with Crippen molar-refractivity contribution in [1.82, 2.24) is 0 Å². The van der Waals surface area contributed by atoms with Gasteiger partial charge in [0.05, 0.1) is 7.11 Å². The minimum Gasteiger partial charge on any atom is -0.496 e. The van der Waals surface area contributed by atoms with E-state index in [9.17, 15) is 0 Å². The van der Waals surface area contributed by atoms with Gasteiger partial charge in [-0.2, -0.15) is 0 Å². The summed E-state index contributed by atoms with van der Waals surface area (Å²) < 4.78 is 5.23. The predicted molar refractivity (Wildman–Crippen MR) is 73.5 cm³/mol. The molecule has 0 amide bonds. The first kappa shape index (κ1) is 12.9. The van der Waals surface area contributed by atoms with E-state index < -0.39 is 0 Å². The average Bonchev–Trinajstić information content (AvgIpc) is 2.80. The summed E-state index contributed by atoms with van der Waals surface area (Å²) in [5, 5.41) is 2.05. The molecule has 1 heterocycles. The highest BCUT2D eigenvalue weighted by atomic mass is 32.1. The molecule has 0 aromatic carbocycles. The Kier molecular flexibility index (Phi) is 4.10. The van der Waals surface area contributed by atoms with Crippen LogP contribution in [0.25, 0.3) is 0 Å². The summed E-state index contributed by atoms with van der Waals surface area (Å²) in [6.45, 7) is 4.72. The first-order chi connectivity index (χ1) is 8.11. The van der Waals surface area contributed by atoms with E-state index in [0.29, 0.717) is 5.92 Å². The largest absolute Gasteiger partial charge is 0.496 e. The van der Waals surface area contributed by atoms with Crippen molar-refractivity contribution in [2.45, 2.75) is 39.2 Å². The lowest BCUT2D eigenvalue weighted by Crippen LogP contribution is -2.28. The summed E-state index contributed by atoms with van der Waals surface area (Å²) >= 11 is 1.73. The van der Waals surface area contributed by atoms with Crippen LogP contribution in [0, 0.1) is 17.8 Å². The number of methoxy groups -OCH3 is 1. The van der Waals surface area contributed by atoms with Gasteiger partial charge in [0.1, 0.15) is 5.75 Å². The van der Waals surface area contributed by atoms with Gasteiger partial charge in [-0.25, -0.2) is 0 Å². The van der Waals surface area contributed by atoms with Crippen molar-refractivity contribution in [3.8, 4) is 5.75 Å². The first-order valence-corrected chi connectivity index (χ1v) is 7.37. The molecule has 2 N–H and O–H groups in total. The van der Waals surface area contributed by atoms with E-state index in [1.165, 1.54) is 24.1 Å². The monoisotopic (exact) mass is 253 g/mol. The van der Waals surface area contributed by atoms with Crippen LogP contribution in [0.3, 0.4) is 0 Å². The normalized spacial score (nSPS) is 31.2. The highest BCUT2D eigenvalue weighted by molar-refractivity contribution is 7.10. The van der Waals surface area contributed by atoms with Crippen molar-refractivity contribution < 1.29 is 4.74 Å². The summed E-state index contributed by atoms with van der Waals surface area (Å²) in [6.07, 6.45) is 3.86. The van der Waals surface area contributed by atoms with E-state index in [0.717, 1.165) is 17.6 Å². The smallest absolute Gasteiger partial charge is 0.129 e. The van der Waals surface area contributed by atoms with Crippen LogP contribution in [0.5, 0.6) is 5.75 Å². The molecule has 0 radical (unpaired) electrons. The summed E-state index contributed by atoms with van der Waals surface area (Å²) in [7, 11) is 1.71. The Morgan fingerprint density at radius 3 is 2.71 bits per heavy atom. The van der Waals surface area contributed by atoms with E-state index in [4.69, 9.17) is 10.5 Å². The lowest BCUT2D eigenvalue weighted by atomic mass is 9.73. The molecule has 1 aromatic heterocycles. The molecule has 1 aromatic rings. The van der Waals surface area contributed by atoms with Crippen LogP contribution in [-0.4, -0.2) is 7.11 Å². The molecule has 3 heteroatoms. The number of ether oxygens (including phenoxy) is 1. The van der Waals surface area contributed by atoms with Gasteiger partial charge in [-0.3, -0.25) is 0 Å². The van der Waals surface area contributed by atoms with E-state index in [1.54, 1.807) is 18.4 Å². The van der Waals surface area contributed by atoms with Crippen molar-refractivity contribution in [3.05, 3.63) is 16.3 Å². The highest BCUT2D eigenvalue weighted by Gasteiger charge is 2.29. The number of rotatable bonds is 3. The second-order valence-corrected chi connectivity index (χ2v) is 6.39. The first-order valence-electron chi connectivity index (χ1n) is 6.49. The van der Waals surface area contributed by atoms with Crippen LogP contribution in [0.2, 0.25) is 0 Å². The minimum absolute atomic E-state index is 0.193. The van der Waals surface area contributed by atoms with Gasteiger partial charge in [0.25, 0.3) is 0 Å². The van der Waals surface area contributed by atoms with E-state index >= 15 is 0 Å². The summed E-state index contributed by atoms with van der Waals surface area (Å²) in [5.41, 5.74) is 6.40. The summed E-state index contributed by atoms with van der Waals surface area (Å²) in [5.74, 6) is 3.25.